The molecule has 0 aliphatic carbocycles. The van der Waals surface area contributed by atoms with E-state index in [9.17, 15) is 4.79 Å². The van der Waals surface area contributed by atoms with Crippen molar-refractivity contribution < 1.29 is 4.79 Å². The summed E-state index contributed by atoms with van der Waals surface area (Å²) in [5.74, 6) is 0.633. The van der Waals surface area contributed by atoms with Crippen LogP contribution in [0.15, 0.2) is 42.6 Å². The molecule has 4 rings (SSSR count). The van der Waals surface area contributed by atoms with Gasteiger partial charge in [0.15, 0.2) is 5.69 Å². The van der Waals surface area contributed by atoms with Crippen molar-refractivity contribution in [2.75, 3.05) is 43.4 Å². The third-order valence-electron chi connectivity index (χ3n) is 5.19. The zero-order valence-electron chi connectivity index (χ0n) is 17.0. The number of nitrogens with one attached hydrogen (secondary N) is 1. The van der Waals surface area contributed by atoms with Crippen LogP contribution in [0.3, 0.4) is 0 Å². The molecular weight excluding hydrogens is 366 g/mol. The molecule has 2 aromatic heterocycles. The van der Waals surface area contributed by atoms with Gasteiger partial charge in [0, 0.05) is 26.2 Å². The number of carbonyl (C=O) groups is 1. The summed E-state index contributed by atoms with van der Waals surface area (Å²) in [7, 11) is 2.13. The molecular formula is C21H25N7O. The van der Waals surface area contributed by atoms with Gasteiger partial charge in [-0.05, 0) is 50.7 Å². The number of piperazine rings is 1. The first-order valence-corrected chi connectivity index (χ1v) is 9.71. The number of aromatic nitrogens is 4. The maximum atomic E-state index is 12.7. The summed E-state index contributed by atoms with van der Waals surface area (Å²) < 4.78 is 1.68. The van der Waals surface area contributed by atoms with E-state index in [4.69, 9.17) is 0 Å². The number of amides is 1. The predicted octanol–water partition coefficient (Wildman–Crippen LogP) is 2.28. The van der Waals surface area contributed by atoms with Crippen LogP contribution in [0, 0.1) is 13.8 Å². The minimum atomic E-state index is -0.296. The second-order valence-electron chi connectivity index (χ2n) is 7.42. The fourth-order valence-electron chi connectivity index (χ4n) is 3.42. The van der Waals surface area contributed by atoms with Crippen LogP contribution in [0.5, 0.6) is 0 Å². The molecule has 1 aromatic carbocycles. The average Bonchev–Trinajstić information content (AvgIpc) is 3.11. The Morgan fingerprint density at radius 2 is 1.86 bits per heavy atom. The van der Waals surface area contributed by atoms with Crippen LogP contribution in [0.25, 0.3) is 5.69 Å². The average molecular weight is 391 g/mol. The van der Waals surface area contributed by atoms with Crippen LogP contribution in [-0.2, 0) is 0 Å². The van der Waals surface area contributed by atoms with Crippen molar-refractivity contribution in [3.8, 4) is 5.69 Å². The quantitative estimate of drug-likeness (QED) is 0.735. The van der Waals surface area contributed by atoms with Crippen LogP contribution < -0.4 is 10.2 Å². The highest BCUT2D eigenvalue weighted by Gasteiger charge is 2.19. The largest absolute Gasteiger partial charge is 0.354 e. The molecule has 0 spiro atoms. The van der Waals surface area contributed by atoms with E-state index in [-0.39, 0.29) is 5.91 Å². The summed E-state index contributed by atoms with van der Waals surface area (Å²) >= 11 is 0. The first kappa shape index (κ1) is 19.1. The summed E-state index contributed by atoms with van der Waals surface area (Å²) in [6, 6.07) is 11.7. The Hall–Kier alpha value is -3.26. The Balaban J connectivity index is 1.46. The summed E-state index contributed by atoms with van der Waals surface area (Å²) in [6.07, 6.45) is 1.69. The minimum absolute atomic E-state index is 0.296. The number of anilines is 2. The summed E-state index contributed by atoms with van der Waals surface area (Å²) in [5.41, 5.74) is 3.63. The number of hydrogen-bond acceptors (Lipinski definition) is 6. The van der Waals surface area contributed by atoms with Crippen LogP contribution in [-0.4, -0.2) is 64.0 Å². The van der Waals surface area contributed by atoms with Gasteiger partial charge in [0.1, 0.15) is 5.82 Å². The molecule has 3 heterocycles. The highest BCUT2D eigenvalue weighted by atomic mass is 16.2. The van der Waals surface area contributed by atoms with Crippen molar-refractivity contribution >= 4 is 17.4 Å². The van der Waals surface area contributed by atoms with Gasteiger partial charge < -0.3 is 15.1 Å². The maximum Gasteiger partial charge on any atom is 0.278 e. The van der Waals surface area contributed by atoms with Crippen molar-refractivity contribution in [2.24, 2.45) is 0 Å². The smallest absolute Gasteiger partial charge is 0.278 e. The Kier molecular flexibility index (Phi) is 5.26. The van der Waals surface area contributed by atoms with Crippen molar-refractivity contribution in [3.05, 3.63) is 59.5 Å². The molecule has 29 heavy (non-hydrogen) atoms. The second-order valence-corrected chi connectivity index (χ2v) is 7.42. The van der Waals surface area contributed by atoms with Crippen LogP contribution >= 0.6 is 0 Å². The maximum absolute atomic E-state index is 12.7. The molecule has 0 bridgehead atoms. The molecule has 150 valence electrons. The van der Waals surface area contributed by atoms with Gasteiger partial charge in [-0.3, -0.25) is 4.79 Å². The molecule has 3 aromatic rings. The van der Waals surface area contributed by atoms with E-state index < -0.39 is 0 Å². The molecule has 8 nitrogen and oxygen atoms in total. The lowest BCUT2D eigenvalue weighted by Gasteiger charge is -2.33. The number of carbonyl (C=O) groups excluding carboxylic acids is 1. The monoisotopic (exact) mass is 391 g/mol. The lowest BCUT2D eigenvalue weighted by atomic mass is 10.2. The Labute approximate surface area is 170 Å². The number of hydrogen-bond donors (Lipinski definition) is 1. The molecule has 1 N–H and O–H groups in total. The van der Waals surface area contributed by atoms with Gasteiger partial charge in [0.05, 0.1) is 23.3 Å². The number of likely N-dealkylation sites (N-methyl/N-ethyl adjacent to an activating group) is 1. The summed E-state index contributed by atoms with van der Waals surface area (Å²) in [5, 5.41) is 11.1. The molecule has 1 aliphatic rings. The van der Waals surface area contributed by atoms with E-state index in [0.717, 1.165) is 43.2 Å². The van der Waals surface area contributed by atoms with Crippen LogP contribution in [0.1, 0.15) is 21.7 Å². The molecule has 0 unspecified atom stereocenters. The van der Waals surface area contributed by atoms with Gasteiger partial charge >= 0.3 is 0 Å². The zero-order chi connectivity index (χ0) is 20.4. The van der Waals surface area contributed by atoms with E-state index in [1.807, 2.05) is 50.2 Å². The van der Waals surface area contributed by atoms with E-state index in [1.165, 1.54) is 0 Å². The van der Waals surface area contributed by atoms with Gasteiger partial charge in [0.2, 0.25) is 0 Å². The summed E-state index contributed by atoms with van der Waals surface area (Å²) in [6.45, 7) is 7.81. The second kappa shape index (κ2) is 8.00. The number of aryl methyl sites for hydroxylation is 1. The first-order chi connectivity index (χ1) is 14.0. The van der Waals surface area contributed by atoms with Gasteiger partial charge in [-0.1, -0.05) is 17.3 Å². The molecule has 0 saturated carbocycles. The minimum Gasteiger partial charge on any atom is -0.354 e. The third kappa shape index (κ3) is 4.12. The lowest BCUT2D eigenvalue weighted by molar-refractivity contribution is 0.102. The Morgan fingerprint density at radius 3 is 2.55 bits per heavy atom. The fourth-order valence-corrected chi connectivity index (χ4v) is 3.42. The number of benzene rings is 1. The summed E-state index contributed by atoms with van der Waals surface area (Å²) in [4.78, 5) is 21.8. The van der Waals surface area contributed by atoms with Crippen molar-refractivity contribution in [3.63, 3.8) is 0 Å². The first-order valence-electron chi connectivity index (χ1n) is 9.71. The number of pyridine rings is 1. The lowest BCUT2D eigenvalue weighted by Crippen LogP contribution is -2.44. The van der Waals surface area contributed by atoms with Crippen molar-refractivity contribution in [1.29, 1.82) is 0 Å². The van der Waals surface area contributed by atoms with Crippen LogP contribution in [0.2, 0.25) is 0 Å². The SMILES string of the molecule is Cc1cccc(-n2nnc(C(=O)Nc3ccc(N4CCN(C)CC4)nc3)c2C)c1. The highest BCUT2D eigenvalue weighted by Crippen LogP contribution is 2.18. The molecule has 0 atom stereocenters. The van der Waals surface area contributed by atoms with Crippen molar-refractivity contribution in [2.45, 2.75) is 13.8 Å². The highest BCUT2D eigenvalue weighted by molar-refractivity contribution is 6.03. The molecule has 1 fully saturated rings. The Bertz CT molecular complexity index is 1000. The molecule has 8 heteroatoms. The van der Waals surface area contributed by atoms with Gasteiger partial charge in [-0.2, -0.15) is 0 Å². The molecule has 1 amide bonds. The van der Waals surface area contributed by atoms with E-state index in [2.05, 4.69) is 37.5 Å². The van der Waals surface area contributed by atoms with E-state index in [1.54, 1.807) is 10.9 Å². The fraction of sp³-hybridized carbons (Fsp3) is 0.333. The normalized spacial score (nSPS) is 14.8. The van der Waals surface area contributed by atoms with Gasteiger partial charge in [0.25, 0.3) is 5.91 Å². The zero-order valence-corrected chi connectivity index (χ0v) is 17.0. The van der Waals surface area contributed by atoms with Crippen LogP contribution in [0.4, 0.5) is 11.5 Å². The van der Waals surface area contributed by atoms with Crippen molar-refractivity contribution in [1.82, 2.24) is 24.9 Å². The number of rotatable bonds is 4. The third-order valence-corrected chi connectivity index (χ3v) is 5.19. The Morgan fingerprint density at radius 1 is 1.07 bits per heavy atom. The molecule has 1 saturated heterocycles. The number of nitrogens with zero attached hydrogens (tertiary/aromatic N) is 6. The molecule has 0 radical (unpaired) electrons. The standard InChI is InChI=1S/C21H25N7O/c1-15-5-4-6-18(13-15)28-16(2)20(24-25-28)21(29)23-17-7-8-19(22-14-17)27-11-9-26(3)10-12-27/h4-8,13-14H,9-12H2,1-3H3,(H,23,29). The van der Waals surface area contributed by atoms with E-state index >= 15 is 0 Å². The molecule has 1 aliphatic heterocycles. The predicted molar refractivity (Wildman–Crippen MR) is 113 cm³/mol. The topological polar surface area (TPSA) is 79.2 Å². The van der Waals surface area contributed by atoms with Gasteiger partial charge in [-0.15, -0.1) is 5.10 Å². The van der Waals surface area contributed by atoms with E-state index in [0.29, 0.717) is 17.1 Å². The van der Waals surface area contributed by atoms with Gasteiger partial charge in [-0.25, -0.2) is 9.67 Å².